The molecule has 0 radical (unpaired) electrons. The van der Waals surface area contributed by atoms with Gasteiger partial charge >= 0.3 is 0 Å². The molecule has 2 amide bonds. The summed E-state index contributed by atoms with van der Waals surface area (Å²) in [4.78, 5) is 25.1. The molecule has 104 valence electrons. The Morgan fingerprint density at radius 2 is 2.25 bits per heavy atom. The highest BCUT2D eigenvalue weighted by molar-refractivity contribution is 6.44. The number of rotatable bonds is 1. The molecule has 7 nitrogen and oxygen atoms in total. The van der Waals surface area contributed by atoms with Crippen LogP contribution in [0.5, 0.6) is 5.75 Å². The summed E-state index contributed by atoms with van der Waals surface area (Å²) in [5, 5.41) is 3.83. The summed E-state index contributed by atoms with van der Waals surface area (Å²) in [5.74, 6) is 0.229. The van der Waals surface area contributed by atoms with Gasteiger partial charge in [0, 0.05) is 18.5 Å². The Bertz CT molecular complexity index is 612. The summed E-state index contributed by atoms with van der Waals surface area (Å²) < 4.78 is 5.50. The molecule has 1 aromatic rings. The zero-order valence-electron chi connectivity index (χ0n) is 10.8. The van der Waals surface area contributed by atoms with Gasteiger partial charge in [-0.05, 0) is 18.2 Å². The van der Waals surface area contributed by atoms with E-state index in [9.17, 15) is 9.59 Å². The Morgan fingerprint density at radius 3 is 3.00 bits per heavy atom. The van der Waals surface area contributed by atoms with Crippen LogP contribution in [0, 0.1) is 0 Å². The summed E-state index contributed by atoms with van der Waals surface area (Å²) in [6.07, 6.45) is 0.623. The number of carbonyl (C=O) groups is 2. The summed E-state index contributed by atoms with van der Waals surface area (Å²) in [7, 11) is 0. The standard InChI is InChI=1S/C13H14N4O3/c14-8-1-3-11-10(7-8)17(5-6-20-11)13(19)9-2-4-12(18)16-15-9/h1,3,7H,2,4-6,14H2,(H,16,18). The van der Waals surface area contributed by atoms with Crippen molar-refractivity contribution in [3.63, 3.8) is 0 Å². The fraction of sp³-hybridized carbons (Fsp3) is 0.308. The minimum atomic E-state index is -0.222. The number of nitrogens with one attached hydrogen (secondary N) is 1. The number of nitrogens with two attached hydrogens (primary N) is 1. The van der Waals surface area contributed by atoms with Crippen molar-refractivity contribution in [3.8, 4) is 5.75 Å². The second-order valence-electron chi connectivity index (χ2n) is 4.63. The molecule has 0 fully saturated rings. The summed E-state index contributed by atoms with van der Waals surface area (Å²) in [5.41, 5.74) is 9.64. The first-order valence-electron chi connectivity index (χ1n) is 6.35. The van der Waals surface area contributed by atoms with Crippen molar-refractivity contribution in [3.05, 3.63) is 18.2 Å². The lowest BCUT2D eigenvalue weighted by molar-refractivity contribution is -0.121. The third-order valence-electron chi connectivity index (χ3n) is 3.24. The van der Waals surface area contributed by atoms with Gasteiger partial charge in [-0.25, -0.2) is 5.43 Å². The number of anilines is 2. The number of nitrogen functional groups attached to an aromatic ring is 1. The topological polar surface area (TPSA) is 97.0 Å². The van der Waals surface area contributed by atoms with Crippen LogP contribution in [0.2, 0.25) is 0 Å². The maximum atomic E-state index is 12.5. The molecule has 0 unspecified atom stereocenters. The Hall–Kier alpha value is -2.57. The van der Waals surface area contributed by atoms with Gasteiger partial charge in [0.25, 0.3) is 5.91 Å². The summed E-state index contributed by atoms with van der Waals surface area (Å²) >= 11 is 0. The normalized spacial score (nSPS) is 17.7. The number of hydrogen-bond acceptors (Lipinski definition) is 5. The number of benzene rings is 1. The lowest BCUT2D eigenvalue weighted by Crippen LogP contribution is -2.44. The molecule has 2 aliphatic heterocycles. The molecule has 3 rings (SSSR count). The third kappa shape index (κ3) is 2.18. The molecule has 1 aromatic carbocycles. The van der Waals surface area contributed by atoms with E-state index in [4.69, 9.17) is 10.5 Å². The van der Waals surface area contributed by atoms with Gasteiger partial charge in [-0.15, -0.1) is 0 Å². The Kier molecular flexibility index (Phi) is 3.02. The molecule has 0 atom stereocenters. The minimum absolute atomic E-state index is 0.173. The monoisotopic (exact) mass is 274 g/mol. The zero-order chi connectivity index (χ0) is 14.1. The zero-order valence-corrected chi connectivity index (χ0v) is 10.8. The maximum Gasteiger partial charge on any atom is 0.274 e. The number of amides is 2. The van der Waals surface area contributed by atoms with Crippen molar-refractivity contribution >= 4 is 28.9 Å². The average Bonchev–Trinajstić information content (AvgIpc) is 2.46. The second-order valence-corrected chi connectivity index (χ2v) is 4.63. The first-order valence-corrected chi connectivity index (χ1v) is 6.35. The van der Waals surface area contributed by atoms with Crippen molar-refractivity contribution in [2.24, 2.45) is 5.10 Å². The predicted molar refractivity (Wildman–Crippen MR) is 73.5 cm³/mol. The van der Waals surface area contributed by atoms with Crippen LogP contribution in [-0.2, 0) is 9.59 Å². The van der Waals surface area contributed by atoms with Crippen molar-refractivity contribution in [1.82, 2.24) is 5.43 Å². The number of ether oxygens (including phenoxy) is 1. The number of fused-ring (bicyclic) bond motifs is 1. The Balaban J connectivity index is 1.90. The number of nitrogens with zero attached hydrogens (tertiary/aromatic N) is 2. The molecule has 0 bridgehead atoms. The van der Waals surface area contributed by atoms with Crippen LogP contribution in [0.25, 0.3) is 0 Å². The molecular weight excluding hydrogens is 260 g/mol. The van der Waals surface area contributed by atoms with Crippen LogP contribution >= 0.6 is 0 Å². The molecule has 3 N–H and O–H groups in total. The number of hydrogen-bond donors (Lipinski definition) is 2. The van der Waals surface area contributed by atoms with Crippen LogP contribution in [-0.4, -0.2) is 30.7 Å². The Labute approximate surface area is 115 Å². The molecule has 0 spiro atoms. The van der Waals surface area contributed by atoms with Gasteiger partial charge in [0.1, 0.15) is 18.1 Å². The van der Waals surface area contributed by atoms with Gasteiger partial charge < -0.3 is 15.4 Å². The van der Waals surface area contributed by atoms with Gasteiger partial charge in [-0.3, -0.25) is 9.59 Å². The van der Waals surface area contributed by atoms with E-state index in [1.807, 2.05) is 0 Å². The summed E-state index contributed by atoms with van der Waals surface area (Å²) in [6, 6.07) is 5.17. The Morgan fingerprint density at radius 1 is 1.40 bits per heavy atom. The third-order valence-corrected chi connectivity index (χ3v) is 3.24. The van der Waals surface area contributed by atoms with Gasteiger partial charge in [0.2, 0.25) is 5.91 Å². The van der Waals surface area contributed by atoms with Gasteiger partial charge in [0.05, 0.1) is 12.2 Å². The fourth-order valence-corrected chi connectivity index (χ4v) is 2.23. The van der Waals surface area contributed by atoms with Crippen LogP contribution in [0.3, 0.4) is 0 Å². The largest absolute Gasteiger partial charge is 0.490 e. The highest BCUT2D eigenvalue weighted by Gasteiger charge is 2.28. The van der Waals surface area contributed by atoms with E-state index in [1.54, 1.807) is 23.1 Å². The van der Waals surface area contributed by atoms with E-state index in [0.717, 1.165) is 0 Å². The highest BCUT2D eigenvalue weighted by Crippen LogP contribution is 2.33. The molecule has 0 saturated heterocycles. The molecule has 0 aromatic heterocycles. The van der Waals surface area contributed by atoms with Crippen molar-refractivity contribution in [1.29, 1.82) is 0 Å². The first-order chi connectivity index (χ1) is 9.65. The minimum Gasteiger partial charge on any atom is -0.490 e. The van der Waals surface area contributed by atoms with Crippen molar-refractivity contribution in [2.75, 3.05) is 23.8 Å². The first kappa shape index (κ1) is 12.5. The molecule has 0 aliphatic carbocycles. The average molecular weight is 274 g/mol. The molecule has 2 aliphatic rings. The van der Waals surface area contributed by atoms with E-state index >= 15 is 0 Å². The van der Waals surface area contributed by atoms with Crippen molar-refractivity contribution in [2.45, 2.75) is 12.8 Å². The quantitative estimate of drug-likeness (QED) is 0.718. The van der Waals surface area contributed by atoms with E-state index < -0.39 is 0 Å². The van der Waals surface area contributed by atoms with Crippen LogP contribution in [0.15, 0.2) is 23.3 Å². The van der Waals surface area contributed by atoms with Gasteiger partial charge in [-0.1, -0.05) is 0 Å². The molecule has 0 saturated carbocycles. The van der Waals surface area contributed by atoms with E-state index in [0.29, 0.717) is 42.4 Å². The SMILES string of the molecule is Nc1ccc2c(c1)N(C(=O)C1=NNC(=O)CC1)CCO2. The lowest BCUT2D eigenvalue weighted by atomic mass is 10.1. The van der Waals surface area contributed by atoms with Crippen LogP contribution in [0.4, 0.5) is 11.4 Å². The molecule has 20 heavy (non-hydrogen) atoms. The van der Waals surface area contributed by atoms with E-state index in [1.165, 1.54) is 0 Å². The smallest absolute Gasteiger partial charge is 0.274 e. The lowest BCUT2D eigenvalue weighted by Gasteiger charge is -2.30. The van der Waals surface area contributed by atoms with E-state index in [-0.39, 0.29) is 18.2 Å². The molecular formula is C13H14N4O3. The van der Waals surface area contributed by atoms with Gasteiger partial charge in [-0.2, -0.15) is 5.10 Å². The number of carbonyl (C=O) groups excluding carboxylic acids is 2. The maximum absolute atomic E-state index is 12.5. The molecule has 2 heterocycles. The van der Waals surface area contributed by atoms with Crippen molar-refractivity contribution < 1.29 is 14.3 Å². The summed E-state index contributed by atoms with van der Waals surface area (Å²) in [6.45, 7) is 0.852. The van der Waals surface area contributed by atoms with Crippen LogP contribution < -0.4 is 20.8 Å². The van der Waals surface area contributed by atoms with Gasteiger partial charge in [0.15, 0.2) is 0 Å². The molecule has 7 heteroatoms. The van der Waals surface area contributed by atoms with Crippen LogP contribution in [0.1, 0.15) is 12.8 Å². The predicted octanol–water partition coefficient (Wildman–Crippen LogP) is 0.260. The second kappa shape index (κ2) is 4.84. The highest BCUT2D eigenvalue weighted by atomic mass is 16.5. The number of hydrazone groups is 1. The fourth-order valence-electron chi connectivity index (χ4n) is 2.23. The van der Waals surface area contributed by atoms with E-state index in [2.05, 4.69) is 10.5 Å².